The molecular formula is C26H52. The second-order valence-electron chi connectivity index (χ2n) is 8.52. The molecule has 0 heteroatoms. The first-order valence-corrected chi connectivity index (χ1v) is 12.5. The second-order valence-corrected chi connectivity index (χ2v) is 8.52. The van der Waals surface area contributed by atoms with Crippen molar-refractivity contribution < 1.29 is 0 Å². The van der Waals surface area contributed by atoms with Crippen LogP contribution in [0.5, 0.6) is 0 Å². The molecule has 0 bridgehead atoms. The van der Waals surface area contributed by atoms with Crippen molar-refractivity contribution in [2.75, 3.05) is 0 Å². The molecule has 0 N–H and O–H groups in total. The van der Waals surface area contributed by atoms with Gasteiger partial charge < -0.3 is 0 Å². The van der Waals surface area contributed by atoms with Gasteiger partial charge in [0.2, 0.25) is 0 Å². The molecule has 1 unspecified atom stereocenters. The maximum absolute atomic E-state index is 2.44. The summed E-state index contributed by atoms with van der Waals surface area (Å²) in [4.78, 5) is 0. The first-order valence-electron chi connectivity index (χ1n) is 12.5. The first kappa shape index (κ1) is 25.7. The highest BCUT2D eigenvalue weighted by Crippen LogP contribution is 2.22. The van der Waals surface area contributed by atoms with Gasteiger partial charge in [-0.05, 0) is 31.6 Å². The number of hydrogen-bond acceptors (Lipinski definition) is 0. The summed E-state index contributed by atoms with van der Waals surface area (Å²) in [5, 5.41) is 0. The molecule has 0 spiro atoms. The first-order chi connectivity index (χ1) is 12.8. The van der Waals surface area contributed by atoms with Crippen LogP contribution in [0.3, 0.4) is 0 Å². The molecule has 0 heterocycles. The zero-order chi connectivity index (χ0) is 19.1. The van der Waals surface area contributed by atoms with Gasteiger partial charge in [0.05, 0.1) is 0 Å². The summed E-state index contributed by atoms with van der Waals surface area (Å²) < 4.78 is 0. The van der Waals surface area contributed by atoms with Gasteiger partial charge in [-0.25, -0.2) is 0 Å². The summed E-state index contributed by atoms with van der Waals surface area (Å²) in [6.07, 6.45) is 33.3. The van der Waals surface area contributed by atoms with E-state index < -0.39 is 0 Å². The predicted molar refractivity (Wildman–Crippen MR) is 122 cm³/mol. The van der Waals surface area contributed by atoms with Crippen LogP contribution in [0.1, 0.15) is 149 Å². The lowest BCUT2D eigenvalue weighted by molar-refractivity contribution is 0.383. The van der Waals surface area contributed by atoms with Gasteiger partial charge in [0.25, 0.3) is 0 Å². The van der Waals surface area contributed by atoms with Crippen LogP contribution in [-0.4, -0.2) is 0 Å². The quantitative estimate of drug-likeness (QED) is 0.140. The van der Waals surface area contributed by atoms with Crippen LogP contribution in [0, 0.1) is 5.92 Å². The number of allylic oxidation sites excluding steroid dienone is 2. The number of rotatable bonds is 21. The molecule has 156 valence electrons. The Morgan fingerprint density at radius 2 is 0.885 bits per heavy atom. The SMILES string of the molecule is CCCCCCCC/C=C\CCCCCCCCC(CCC)CCCC. The van der Waals surface area contributed by atoms with Crippen molar-refractivity contribution in [1.82, 2.24) is 0 Å². The summed E-state index contributed by atoms with van der Waals surface area (Å²) in [5.41, 5.74) is 0. The average Bonchev–Trinajstić information content (AvgIpc) is 2.65. The molecule has 0 saturated heterocycles. The minimum absolute atomic E-state index is 1.02. The molecule has 0 aliphatic rings. The fourth-order valence-corrected chi connectivity index (χ4v) is 4.01. The maximum Gasteiger partial charge on any atom is -0.0351 e. The zero-order valence-electron chi connectivity index (χ0n) is 18.9. The molecule has 0 radical (unpaired) electrons. The van der Waals surface area contributed by atoms with Crippen molar-refractivity contribution >= 4 is 0 Å². The van der Waals surface area contributed by atoms with Crippen LogP contribution < -0.4 is 0 Å². The minimum Gasteiger partial charge on any atom is -0.0885 e. The lowest BCUT2D eigenvalue weighted by Gasteiger charge is -2.15. The van der Waals surface area contributed by atoms with E-state index in [0.29, 0.717) is 0 Å². The highest BCUT2D eigenvalue weighted by molar-refractivity contribution is 4.81. The van der Waals surface area contributed by atoms with Gasteiger partial charge in [0.15, 0.2) is 0 Å². The topological polar surface area (TPSA) is 0 Å². The Labute approximate surface area is 167 Å². The third-order valence-corrected chi connectivity index (χ3v) is 5.79. The maximum atomic E-state index is 2.44. The summed E-state index contributed by atoms with van der Waals surface area (Å²) in [6.45, 7) is 6.97. The minimum atomic E-state index is 1.02. The molecule has 0 fully saturated rings. The molecule has 0 aliphatic heterocycles. The molecule has 0 saturated carbocycles. The summed E-state index contributed by atoms with van der Waals surface area (Å²) >= 11 is 0. The fourth-order valence-electron chi connectivity index (χ4n) is 4.01. The molecule has 26 heavy (non-hydrogen) atoms. The Hall–Kier alpha value is -0.260. The Kier molecular flexibility index (Phi) is 22.6. The third-order valence-electron chi connectivity index (χ3n) is 5.79. The van der Waals surface area contributed by atoms with Gasteiger partial charge >= 0.3 is 0 Å². The lowest BCUT2D eigenvalue weighted by Crippen LogP contribution is -2.00. The van der Waals surface area contributed by atoms with E-state index in [2.05, 4.69) is 32.9 Å². The Balaban J connectivity index is 3.28. The largest absolute Gasteiger partial charge is 0.0885 e. The summed E-state index contributed by atoms with van der Waals surface area (Å²) in [7, 11) is 0. The van der Waals surface area contributed by atoms with Gasteiger partial charge in [-0.2, -0.15) is 0 Å². The third kappa shape index (κ3) is 20.1. The van der Waals surface area contributed by atoms with E-state index in [1.54, 1.807) is 0 Å². The lowest BCUT2D eigenvalue weighted by atomic mass is 9.91. The molecule has 0 aromatic carbocycles. The van der Waals surface area contributed by atoms with Crippen molar-refractivity contribution in [2.24, 2.45) is 5.92 Å². The van der Waals surface area contributed by atoms with E-state index in [1.165, 1.54) is 128 Å². The van der Waals surface area contributed by atoms with Crippen molar-refractivity contribution in [3.8, 4) is 0 Å². The van der Waals surface area contributed by atoms with E-state index in [4.69, 9.17) is 0 Å². The Bertz CT molecular complexity index is 265. The van der Waals surface area contributed by atoms with Crippen molar-refractivity contribution in [2.45, 2.75) is 149 Å². The highest BCUT2D eigenvalue weighted by atomic mass is 14.1. The van der Waals surface area contributed by atoms with Gasteiger partial charge in [-0.3, -0.25) is 0 Å². The standard InChI is InChI=1S/C26H52/c1-4-7-9-10-11-12-13-14-15-16-17-18-19-20-21-22-25-26(23-6-3)24-8-5-2/h14-15,26H,4-13,16-25H2,1-3H3/b15-14-. The Morgan fingerprint density at radius 1 is 0.423 bits per heavy atom. The number of unbranched alkanes of at least 4 members (excludes halogenated alkanes) is 13. The van der Waals surface area contributed by atoms with Crippen LogP contribution >= 0.6 is 0 Å². The van der Waals surface area contributed by atoms with Crippen LogP contribution in [0.2, 0.25) is 0 Å². The van der Waals surface area contributed by atoms with Gasteiger partial charge in [-0.1, -0.05) is 136 Å². The molecule has 0 nitrogen and oxygen atoms in total. The summed E-state index contributed by atoms with van der Waals surface area (Å²) in [6, 6.07) is 0. The van der Waals surface area contributed by atoms with Crippen LogP contribution in [0.15, 0.2) is 12.2 Å². The van der Waals surface area contributed by atoms with Crippen molar-refractivity contribution in [3.05, 3.63) is 12.2 Å². The van der Waals surface area contributed by atoms with Crippen molar-refractivity contribution in [1.29, 1.82) is 0 Å². The number of hydrogen-bond donors (Lipinski definition) is 0. The molecule has 0 rings (SSSR count). The monoisotopic (exact) mass is 364 g/mol. The van der Waals surface area contributed by atoms with Gasteiger partial charge in [0, 0.05) is 0 Å². The summed E-state index contributed by atoms with van der Waals surface area (Å²) in [5.74, 6) is 1.02. The normalized spacial score (nSPS) is 12.9. The van der Waals surface area contributed by atoms with E-state index >= 15 is 0 Å². The second kappa shape index (κ2) is 22.8. The molecule has 0 aliphatic carbocycles. The van der Waals surface area contributed by atoms with Crippen LogP contribution in [-0.2, 0) is 0 Å². The molecule has 0 aromatic heterocycles. The van der Waals surface area contributed by atoms with Crippen LogP contribution in [0.4, 0.5) is 0 Å². The van der Waals surface area contributed by atoms with E-state index in [1.807, 2.05) is 0 Å². The average molecular weight is 365 g/mol. The molecule has 0 aromatic rings. The highest BCUT2D eigenvalue weighted by Gasteiger charge is 2.06. The molecule has 0 amide bonds. The molecular weight excluding hydrogens is 312 g/mol. The Morgan fingerprint density at radius 3 is 1.42 bits per heavy atom. The zero-order valence-corrected chi connectivity index (χ0v) is 18.9. The fraction of sp³-hybridized carbons (Fsp3) is 0.923. The smallest absolute Gasteiger partial charge is 0.0351 e. The van der Waals surface area contributed by atoms with E-state index in [0.717, 1.165) is 5.92 Å². The molecule has 1 atom stereocenters. The van der Waals surface area contributed by atoms with Crippen LogP contribution in [0.25, 0.3) is 0 Å². The predicted octanol–water partition coefficient (Wildman–Crippen LogP) is 10.0. The van der Waals surface area contributed by atoms with E-state index in [9.17, 15) is 0 Å². The van der Waals surface area contributed by atoms with E-state index in [-0.39, 0.29) is 0 Å². The van der Waals surface area contributed by atoms with Gasteiger partial charge in [-0.15, -0.1) is 0 Å². The van der Waals surface area contributed by atoms with Gasteiger partial charge in [0.1, 0.15) is 0 Å². The van der Waals surface area contributed by atoms with Crippen molar-refractivity contribution in [3.63, 3.8) is 0 Å².